The van der Waals surface area contributed by atoms with Gasteiger partial charge in [0.25, 0.3) is 5.91 Å². The van der Waals surface area contributed by atoms with Crippen LogP contribution >= 0.6 is 0 Å². The Bertz CT molecular complexity index is 529. The highest BCUT2D eigenvalue weighted by Gasteiger charge is 2.23. The Balaban J connectivity index is 2.85. The van der Waals surface area contributed by atoms with Gasteiger partial charge in [-0.3, -0.25) is 14.7 Å². The van der Waals surface area contributed by atoms with Crippen LogP contribution in [0.25, 0.3) is 6.08 Å². The Hall–Kier alpha value is -2.47. The first-order chi connectivity index (χ1) is 10.6. The number of amides is 3. The summed E-state index contributed by atoms with van der Waals surface area (Å²) in [4.78, 5) is 36.1. The molecule has 3 amide bonds. The van der Waals surface area contributed by atoms with Gasteiger partial charge in [-0.05, 0) is 18.6 Å². The molecule has 1 aromatic carbocycles. The van der Waals surface area contributed by atoms with Crippen LogP contribution in [0.1, 0.15) is 19.4 Å². The maximum absolute atomic E-state index is 12.3. The molecule has 1 N–H and O–H groups in total. The summed E-state index contributed by atoms with van der Waals surface area (Å²) in [5, 5.41) is 1.30. The third-order valence-corrected chi connectivity index (χ3v) is 2.87. The molecule has 0 saturated carbocycles. The first kappa shape index (κ1) is 17.6. The van der Waals surface area contributed by atoms with Crippen LogP contribution in [-0.2, 0) is 9.59 Å². The van der Waals surface area contributed by atoms with Crippen molar-refractivity contribution in [1.82, 2.24) is 15.3 Å². The molecule has 0 unspecified atom stereocenters. The van der Waals surface area contributed by atoms with Crippen LogP contribution in [0.5, 0.6) is 0 Å². The van der Waals surface area contributed by atoms with Crippen LogP contribution in [0.15, 0.2) is 36.4 Å². The topological polar surface area (TPSA) is 69.7 Å². The van der Waals surface area contributed by atoms with Crippen molar-refractivity contribution in [3.8, 4) is 0 Å². The molecule has 0 aliphatic rings. The largest absolute Gasteiger partial charge is 0.341 e. The molecule has 1 aromatic rings. The van der Waals surface area contributed by atoms with E-state index in [0.29, 0.717) is 19.4 Å². The van der Waals surface area contributed by atoms with Crippen molar-refractivity contribution < 1.29 is 14.4 Å². The van der Waals surface area contributed by atoms with Gasteiger partial charge < -0.3 is 4.79 Å². The van der Waals surface area contributed by atoms with Crippen LogP contribution in [0.2, 0.25) is 0 Å². The fourth-order valence-electron chi connectivity index (χ4n) is 1.81. The summed E-state index contributed by atoms with van der Waals surface area (Å²) in [7, 11) is 0. The highest BCUT2D eigenvalue weighted by Crippen LogP contribution is 2.04. The molecule has 0 aliphatic carbocycles. The van der Waals surface area contributed by atoms with E-state index >= 15 is 0 Å². The molecule has 118 valence electrons. The van der Waals surface area contributed by atoms with E-state index in [-0.39, 0.29) is 6.54 Å². The van der Waals surface area contributed by atoms with Crippen molar-refractivity contribution in [2.45, 2.75) is 13.8 Å². The van der Waals surface area contributed by atoms with Crippen LogP contribution < -0.4 is 5.43 Å². The monoisotopic (exact) mass is 303 g/mol. The second-order valence-corrected chi connectivity index (χ2v) is 4.40. The average molecular weight is 303 g/mol. The first-order valence-corrected chi connectivity index (χ1v) is 7.17. The van der Waals surface area contributed by atoms with Gasteiger partial charge in [0.05, 0.1) is 6.54 Å². The first-order valence-electron chi connectivity index (χ1n) is 7.17. The number of nitrogens with zero attached hydrogens (tertiary/aromatic N) is 2. The van der Waals surface area contributed by atoms with Gasteiger partial charge in [-0.15, -0.1) is 0 Å². The Labute approximate surface area is 130 Å². The summed E-state index contributed by atoms with van der Waals surface area (Å²) in [5.41, 5.74) is 3.69. The molecule has 0 atom stereocenters. The third kappa shape index (κ3) is 5.14. The van der Waals surface area contributed by atoms with E-state index in [1.165, 1.54) is 11.1 Å². The second kappa shape index (κ2) is 9.46. The summed E-state index contributed by atoms with van der Waals surface area (Å²) in [5.74, 6) is -0.530. The molecule has 0 aromatic heterocycles. The zero-order valence-corrected chi connectivity index (χ0v) is 12.9. The standard InChI is InChI=1S/C16H21N3O3/c1-3-17-19(4-2)16(22)18(12-13-20)15(21)11-10-14-8-6-5-7-9-14/h5-11,13,17H,3-4,12H2,1-2H3/b11-10+. The number of hydrogen-bond donors (Lipinski definition) is 1. The number of urea groups is 1. The summed E-state index contributed by atoms with van der Waals surface area (Å²) in [6.45, 7) is 4.28. The number of imide groups is 1. The zero-order chi connectivity index (χ0) is 16.4. The predicted octanol–water partition coefficient (Wildman–Crippen LogP) is 1.69. The Morgan fingerprint density at radius 2 is 1.86 bits per heavy atom. The summed E-state index contributed by atoms with van der Waals surface area (Å²) in [6.07, 6.45) is 3.43. The van der Waals surface area contributed by atoms with E-state index in [2.05, 4.69) is 5.43 Å². The fraction of sp³-hybridized carbons (Fsp3) is 0.312. The van der Waals surface area contributed by atoms with Crippen LogP contribution in [0.4, 0.5) is 4.79 Å². The van der Waals surface area contributed by atoms with E-state index in [1.807, 2.05) is 37.3 Å². The molecule has 1 rings (SSSR count). The van der Waals surface area contributed by atoms with E-state index in [1.54, 1.807) is 13.0 Å². The maximum Gasteiger partial charge on any atom is 0.341 e. The van der Waals surface area contributed by atoms with Crippen LogP contribution in [0.3, 0.4) is 0 Å². The fourth-order valence-corrected chi connectivity index (χ4v) is 1.81. The summed E-state index contributed by atoms with van der Waals surface area (Å²) in [6, 6.07) is 8.71. The number of aldehydes is 1. The molecule has 0 fully saturated rings. The highest BCUT2D eigenvalue weighted by molar-refractivity contribution is 6.03. The molecule has 6 nitrogen and oxygen atoms in total. The normalized spacial score (nSPS) is 10.5. The van der Waals surface area contributed by atoms with Gasteiger partial charge in [0.1, 0.15) is 6.29 Å². The smallest absolute Gasteiger partial charge is 0.301 e. The quantitative estimate of drug-likeness (QED) is 0.473. The van der Waals surface area contributed by atoms with Gasteiger partial charge in [-0.1, -0.05) is 37.3 Å². The van der Waals surface area contributed by atoms with E-state index < -0.39 is 11.9 Å². The summed E-state index contributed by atoms with van der Waals surface area (Å²) >= 11 is 0. The number of benzene rings is 1. The number of rotatable bonds is 7. The van der Waals surface area contributed by atoms with E-state index in [4.69, 9.17) is 0 Å². The number of hydrogen-bond acceptors (Lipinski definition) is 4. The third-order valence-electron chi connectivity index (χ3n) is 2.87. The van der Waals surface area contributed by atoms with Gasteiger partial charge in [-0.25, -0.2) is 10.2 Å². The van der Waals surface area contributed by atoms with Gasteiger partial charge in [0.15, 0.2) is 0 Å². The van der Waals surface area contributed by atoms with Crippen molar-refractivity contribution in [2.24, 2.45) is 0 Å². The Morgan fingerprint density at radius 1 is 1.18 bits per heavy atom. The minimum atomic E-state index is -0.542. The summed E-state index contributed by atoms with van der Waals surface area (Å²) < 4.78 is 0. The number of carbonyl (C=O) groups excluding carboxylic acids is 3. The van der Waals surface area contributed by atoms with Gasteiger partial charge in [-0.2, -0.15) is 0 Å². The molecule has 0 bridgehead atoms. The lowest BCUT2D eigenvalue weighted by Gasteiger charge is -2.26. The van der Waals surface area contributed by atoms with Gasteiger partial charge >= 0.3 is 6.03 Å². The molecule has 0 radical (unpaired) electrons. The van der Waals surface area contributed by atoms with Crippen molar-refractivity contribution in [2.75, 3.05) is 19.6 Å². The highest BCUT2D eigenvalue weighted by atomic mass is 16.2. The molecular formula is C16H21N3O3. The maximum atomic E-state index is 12.3. The minimum absolute atomic E-state index is 0.279. The number of hydrazine groups is 1. The van der Waals surface area contributed by atoms with Crippen molar-refractivity contribution in [1.29, 1.82) is 0 Å². The predicted molar refractivity (Wildman–Crippen MR) is 84.7 cm³/mol. The molecule has 6 heteroatoms. The lowest BCUT2D eigenvalue weighted by Crippen LogP contribution is -2.52. The zero-order valence-electron chi connectivity index (χ0n) is 12.9. The van der Waals surface area contributed by atoms with Gasteiger partial charge in [0.2, 0.25) is 0 Å². The average Bonchev–Trinajstić information content (AvgIpc) is 2.55. The molecule has 0 heterocycles. The van der Waals surface area contributed by atoms with E-state index in [0.717, 1.165) is 10.5 Å². The van der Waals surface area contributed by atoms with Gasteiger partial charge in [0, 0.05) is 19.2 Å². The molecular weight excluding hydrogens is 282 g/mol. The van der Waals surface area contributed by atoms with Crippen LogP contribution in [0, 0.1) is 0 Å². The van der Waals surface area contributed by atoms with Crippen LogP contribution in [-0.4, -0.2) is 47.8 Å². The SMILES string of the molecule is CCNN(CC)C(=O)N(CC=O)C(=O)/C=C/c1ccccc1. The van der Waals surface area contributed by atoms with Crippen molar-refractivity contribution in [3.63, 3.8) is 0 Å². The lowest BCUT2D eigenvalue weighted by atomic mass is 10.2. The molecule has 22 heavy (non-hydrogen) atoms. The van der Waals surface area contributed by atoms with E-state index in [9.17, 15) is 14.4 Å². The Morgan fingerprint density at radius 3 is 2.41 bits per heavy atom. The number of nitrogens with one attached hydrogen (secondary N) is 1. The van der Waals surface area contributed by atoms with Crippen molar-refractivity contribution in [3.05, 3.63) is 42.0 Å². The number of carbonyl (C=O) groups is 3. The lowest BCUT2D eigenvalue weighted by molar-refractivity contribution is -0.126. The molecule has 0 saturated heterocycles. The molecule has 0 aliphatic heterocycles. The molecule has 0 spiro atoms. The minimum Gasteiger partial charge on any atom is -0.301 e. The van der Waals surface area contributed by atoms with Crippen molar-refractivity contribution >= 4 is 24.3 Å². The second-order valence-electron chi connectivity index (χ2n) is 4.40. The Kier molecular flexibility index (Phi) is 7.56.